The van der Waals surface area contributed by atoms with Gasteiger partial charge in [-0.2, -0.15) is 0 Å². The summed E-state index contributed by atoms with van der Waals surface area (Å²) in [5.74, 6) is 1.51. The molecule has 1 N–H and O–H groups in total. The van der Waals surface area contributed by atoms with Gasteiger partial charge < -0.3 is 14.8 Å². The predicted molar refractivity (Wildman–Crippen MR) is 89.0 cm³/mol. The molecule has 0 saturated heterocycles. The lowest BCUT2D eigenvalue weighted by atomic mass is 9.96. The first-order valence-corrected chi connectivity index (χ1v) is 7.99. The second kappa shape index (κ2) is 9.80. The van der Waals surface area contributed by atoms with Crippen LogP contribution in [0.1, 0.15) is 39.7 Å². The third kappa shape index (κ3) is 8.08. The third-order valence-electron chi connectivity index (χ3n) is 3.48. The minimum Gasteiger partial charge on any atom is -0.497 e. The van der Waals surface area contributed by atoms with Crippen LogP contribution in [0, 0.1) is 5.92 Å². The van der Waals surface area contributed by atoms with Gasteiger partial charge in [0.05, 0.1) is 13.2 Å². The van der Waals surface area contributed by atoms with Crippen LogP contribution in [-0.2, 0) is 11.2 Å². The Kier molecular flexibility index (Phi) is 8.40. The van der Waals surface area contributed by atoms with Crippen molar-refractivity contribution in [2.45, 2.75) is 52.7 Å². The summed E-state index contributed by atoms with van der Waals surface area (Å²) < 4.78 is 10.9. The Hall–Kier alpha value is -1.06. The molecule has 3 heteroatoms. The summed E-state index contributed by atoms with van der Waals surface area (Å²) in [5, 5.41) is 3.55. The topological polar surface area (TPSA) is 30.5 Å². The predicted octanol–water partition coefficient (Wildman–Crippen LogP) is 3.67. The van der Waals surface area contributed by atoms with E-state index in [1.54, 1.807) is 7.11 Å². The van der Waals surface area contributed by atoms with Crippen molar-refractivity contribution < 1.29 is 9.47 Å². The Morgan fingerprint density at radius 3 is 2.24 bits per heavy atom. The van der Waals surface area contributed by atoms with Crippen molar-refractivity contribution in [1.29, 1.82) is 0 Å². The quantitative estimate of drug-likeness (QED) is 0.714. The molecular formula is C18H31NO2. The summed E-state index contributed by atoms with van der Waals surface area (Å²) in [5.41, 5.74) is 1.36. The summed E-state index contributed by atoms with van der Waals surface area (Å²) in [6.45, 7) is 10.4. The number of hydrogen-bond acceptors (Lipinski definition) is 3. The number of benzene rings is 1. The van der Waals surface area contributed by atoms with Crippen molar-refractivity contribution in [1.82, 2.24) is 5.32 Å². The van der Waals surface area contributed by atoms with Gasteiger partial charge in [0, 0.05) is 12.6 Å². The fourth-order valence-electron chi connectivity index (χ4n) is 2.24. The van der Waals surface area contributed by atoms with Crippen LogP contribution >= 0.6 is 0 Å². The van der Waals surface area contributed by atoms with Gasteiger partial charge in [-0.1, -0.05) is 26.0 Å². The van der Waals surface area contributed by atoms with Crippen molar-refractivity contribution in [3.63, 3.8) is 0 Å². The lowest BCUT2D eigenvalue weighted by molar-refractivity contribution is 0.0681. The zero-order chi connectivity index (χ0) is 15.7. The van der Waals surface area contributed by atoms with Crippen LogP contribution < -0.4 is 10.1 Å². The van der Waals surface area contributed by atoms with Gasteiger partial charge in [0.15, 0.2) is 0 Å². The van der Waals surface area contributed by atoms with Gasteiger partial charge in [-0.15, -0.1) is 0 Å². The lowest BCUT2D eigenvalue weighted by Crippen LogP contribution is -2.30. The van der Waals surface area contributed by atoms with Gasteiger partial charge in [0.1, 0.15) is 5.75 Å². The van der Waals surface area contributed by atoms with E-state index in [-0.39, 0.29) is 0 Å². The van der Waals surface area contributed by atoms with Crippen LogP contribution in [0.25, 0.3) is 0 Å². The molecule has 1 aromatic carbocycles. The van der Waals surface area contributed by atoms with E-state index in [0.29, 0.717) is 18.1 Å². The average molecular weight is 293 g/mol. The summed E-state index contributed by atoms with van der Waals surface area (Å²) in [7, 11) is 1.70. The first-order chi connectivity index (χ1) is 10.0. The highest BCUT2D eigenvalue weighted by Crippen LogP contribution is 2.16. The largest absolute Gasteiger partial charge is 0.497 e. The lowest BCUT2D eigenvalue weighted by Gasteiger charge is -2.20. The van der Waals surface area contributed by atoms with Gasteiger partial charge in [-0.3, -0.25) is 0 Å². The Balaban J connectivity index is 2.52. The summed E-state index contributed by atoms with van der Waals surface area (Å²) in [4.78, 5) is 0. The molecule has 0 amide bonds. The molecule has 1 atom stereocenters. The Morgan fingerprint density at radius 2 is 1.71 bits per heavy atom. The zero-order valence-corrected chi connectivity index (χ0v) is 14.2. The second-order valence-electron chi connectivity index (χ2n) is 6.19. The third-order valence-corrected chi connectivity index (χ3v) is 3.48. The van der Waals surface area contributed by atoms with Crippen LogP contribution in [0.3, 0.4) is 0 Å². The van der Waals surface area contributed by atoms with Crippen molar-refractivity contribution >= 4 is 0 Å². The molecule has 1 rings (SSSR count). The Morgan fingerprint density at radius 1 is 1.05 bits per heavy atom. The van der Waals surface area contributed by atoms with Crippen LogP contribution in [-0.4, -0.2) is 32.4 Å². The minimum atomic E-state index is 0.310. The summed E-state index contributed by atoms with van der Waals surface area (Å²) in [6, 6.07) is 8.91. The van der Waals surface area contributed by atoms with Crippen molar-refractivity contribution in [2.24, 2.45) is 5.92 Å². The number of methoxy groups -OCH3 is 1. The molecule has 21 heavy (non-hydrogen) atoms. The first-order valence-electron chi connectivity index (χ1n) is 7.99. The van der Waals surface area contributed by atoms with Gasteiger partial charge in [-0.05, 0) is 56.8 Å². The summed E-state index contributed by atoms with van der Waals surface area (Å²) in [6.07, 6.45) is 2.47. The smallest absolute Gasteiger partial charge is 0.118 e. The maximum atomic E-state index is 5.71. The highest BCUT2D eigenvalue weighted by molar-refractivity contribution is 5.27. The van der Waals surface area contributed by atoms with Crippen LogP contribution in [0.4, 0.5) is 0 Å². The van der Waals surface area contributed by atoms with E-state index in [1.165, 1.54) is 5.56 Å². The number of rotatable bonds is 10. The van der Waals surface area contributed by atoms with Gasteiger partial charge in [0.2, 0.25) is 0 Å². The molecule has 0 radical (unpaired) electrons. The molecule has 0 aliphatic rings. The van der Waals surface area contributed by atoms with E-state index < -0.39 is 0 Å². The molecule has 0 aromatic heterocycles. The van der Waals surface area contributed by atoms with E-state index >= 15 is 0 Å². The molecule has 3 nitrogen and oxygen atoms in total. The van der Waals surface area contributed by atoms with Crippen LogP contribution in [0.2, 0.25) is 0 Å². The van der Waals surface area contributed by atoms with E-state index in [2.05, 4.69) is 45.1 Å². The first kappa shape index (κ1) is 18.0. The molecule has 0 saturated carbocycles. The van der Waals surface area contributed by atoms with Crippen molar-refractivity contribution in [3.05, 3.63) is 29.8 Å². The second-order valence-corrected chi connectivity index (χ2v) is 6.19. The molecule has 1 aromatic rings. The van der Waals surface area contributed by atoms with Crippen molar-refractivity contribution in [3.8, 4) is 5.75 Å². The normalized spacial score (nSPS) is 12.9. The molecule has 0 fully saturated rings. The maximum Gasteiger partial charge on any atom is 0.118 e. The Bertz CT molecular complexity index is 373. The van der Waals surface area contributed by atoms with Gasteiger partial charge >= 0.3 is 0 Å². The van der Waals surface area contributed by atoms with E-state index in [0.717, 1.165) is 31.7 Å². The van der Waals surface area contributed by atoms with E-state index in [4.69, 9.17) is 9.47 Å². The highest BCUT2D eigenvalue weighted by Gasteiger charge is 2.11. The van der Waals surface area contributed by atoms with E-state index in [1.807, 2.05) is 12.1 Å². The van der Waals surface area contributed by atoms with Crippen LogP contribution in [0.15, 0.2) is 24.3 Å². The highest BCUT2D eigenvalue weighted by atomic mass is 16.5. The monoisotopic (exact) mass is 293 g/mol. The standard InChI is InChI=1S/C18H31NO2/c1-14(2)19-13-17(10-11-21-15(3)4)12-16-6-8-18(20-5)9-7-16/h6-9,14-15,17,19H,10-13H2,1-5H3. The average Bonchev–Trinajstić information content (AvgIpc) is 2.45. The fraction of sp³-hybridized carbons (Fsp3) is 0.667. The molecular weight excluding hydrogens is 262 g/mol. The van der Waals surface area contributed by atoms with Gasteiger partial charge in [0.25, 0.3) is 0 Å². The number of nitrogens with one attached hydrogen (secondary N) is 1. The molecule has 0 heterocycles. The number of hydrogen-bond donors (Lipinski definition) is 1. The van der Waals surface area contributed by atoms with Crippen LogP contribution in [0.5, 0.6) is 5.75 Å². The van der Waals surface area contributed by atoms with Gasteiger partial charge in [-0.25, -0.2) is 0 Å². The number of ether oxygens (including phenoxy) is 2. The molecule has 0 aliphatic carbocycles. The Labute approximate surface area is 130 Å². The SMILES string of the molecule is COc1ccc(CC(CCOC(C)C)CNC(C)C)cc1. The zero-order valence-electron chi connectivity index (χ0n) is 14.2. The molecule has 120 valence electrons. The molecule has 0 aliphatic heterocycles. The van der Waals surface area contributed by atoms with E-state index in [9.17, 15) is 0 Å². The molecule has 0 spiro atoms. The minimum absolute atomic E-state index is 0.310. The van der Waals surface area contributed by atoms with Crippen molar-refractivity contribution in [2.75, 3.05) is 20.3 Å². The maximum absolute atomic E-state index is 5.71. The molecule has 0 bridgehead atoms. The molecule has 1 unspecified atom stereocenters. The summed E-state index contributed by atoms with van der Waals surface area (Å²) >= 11 is 0. The fourth-order valence-corrected chi connectivity index (χ4v) is 2.24.